The summed E-state index contributed by atoms with van der Waals surface area (Å²) in [5, 5.41) is 4.42. The van der Waals surface area contributed by atoms with Gasteiger partial charge in [0, 0.05) is 12.7 Å². The molecular formula is C13H15BrClN3O2S. The molecule has 2 N–H and O–H groups in total. The lowest BCUT2D eigenvalue weighted by Crippen LogP contribution is -2.10. The molecule has 0 amide bonds. The van der Waals surface area contributed by atoms with E-state index >= 15 is 0 Å². The Hall–Kier alpha value is -1.05. The first-order chi connectivity index (χ1) is 9.76. The SMILES string of the molecule is CCc1nn(C)c(CS(=O)(=O)c2ccc(N)cc2Cl)c1Br. The highest BCUT2D eigenvalue weighted by molar-refractivity contribution is 9.10. The molecule has 0 aliphatic rings. The van der Waals surface area contributed by atoms with Gasteiger partial charge in [0.15, 0.2) is 9.84 Å². The molecule has 8 heteroatoms. The molecule has 0 radical (unpaired) electrons. The molecule has 0 unspecified atom stereocenters. The third kappa shape index (κ3) is 3.25. The van der Waals surface area contributed by atoms with E-state index in [1.54, 1.807) is 11.7 Å². The van der Waals surface area contributed by atoms with Crippen LogP contribution in [0.15, 0.2) is 27.6 Å². The molecule has 2 rings (SSSR count). The van der Waals surface area contributed by atoms with Crippen LogP contribution in [0, 0.1) is 0 Å². The number of nitrogen functional groups attached to an aromatic ring is 1. The second kappa shape index (κ2) is 5.98. The van der Waals surface area contributed by atoms with Crippen molar-refractivity contribution in [3.05, 3.63) is 39.1 Å². The first kappa shape index (κ1) is 16.3. The minimum atomic E-state index is -3.58. The lowest BCUT2D eigenvalue weighted by molar-refractivity contribution is 0.591. The van der Waals surface area contributed by atoms with Crippen molar-refractivity contribution in [2.45, 2.75) is 24.0 Å². The van der Waals surface area contributed by atoms with Gasteiger partial charge in [-0.2, -0.15) is 5.10 Å². The molecule has 0 saturated carbocycles. The summed E-state index contributed by atoms with van der Waals surface area (Å²) < 4.78 is 27.4. The minimum absolute atomic E-state index is 0.0736. The number of aryl methyl sites for hydroxylation is 2. The maximum absolute atomic E-state index is 12.5. The number of anilines is 1. The van der Waals surface area contributed by atoms with Crippen LogP contribution in [0.3, 0.4) is 0 Å². The lowest BCUT2D eigenvalue weighted by atomic mass is 10.3. The molecule has 5 nitrogen and oxygen atoms in total. The highest BCUT2D eigenvalue weighted by atomic mass is 79.9. The van der Waals surface area contributed by atoms with Gasteiger partial charge >= 0.3 is 0 Å². The van der Waals surface area contributed by atoms with E-state index in [1.807, 2.05) is 6.92 Å². The van der Waals surface area contributed by atoms with E-state index < -0.39 is 9.84 Å². The van der Waals surface area contributed by atoms with Crippen LogP contribution in [0.1, 0.15) is 18.3 Å². The fourth-order valence-corrected chi connectivity index (χ4v) is 4.97. The maximum Gasteiger partial charge on any atom is 0.185 e. The molecule has 0 saturated heterocycles. The number of nitrogens with two attached hydrogens (primary N) is 1. The van der Waals surface area contributed by atoms with Crippen molar-refractivity contribution in [2.75, 3.05) is 5.73 Å². The molecule has 0 spiro atoms. The quantitative estimate of drug-likeness (QED) is 0.811. The fraction of sp³-hybridized carbons (Fsp3) is 0.308. The predicted octanol–water partition coefficient (Wildman–Crippen LogP) is 2.95. The number of nitrogens with zero attached hydrogens (tertiary/aromatic N) is 2. The molecule has 0 bridgehead atoms. The molecule has 2 aromatic rings. The predicted molar refractivity (Wildman–Crippen MR) is 87.0 cm³/mol. The number of hydrogen-bond donors (Lipinski definition) is 1. The Labute approximate surface area is 137 Å². The first-order valence-electron chi connectivity index (χ1n) is 6.24. The standard InChI is InChI=1S/C13H15BrClN3O2S/c1-3-10-13(14)11(18(2)17-10)7-21(19,20)12-5-4-8(16)6-9(12)15/h4-6H,3,7,16H2,1-2H3. The molecule has 0 aliphatic carbocycles. The Morgan fingerprint density at radius 1 is 1.43 bits per heavy atom. The topological polar surface area (TPSA) is 78.0 Å². The fourth-order valence-electron chi connectivity index (χ4n) is 2.00. The normalized spacial score (nSPS) is 11.8. The van der Waals surface area contributed by atoms with E-state index in [1.165, 1.54) is 18.2 Å². The van der Waals surface area contributed by atoms with Crippen molar-refractivity contribution in [2.24, 2.45) is 7.05 Å². The highest BCUT2D eigenvalue weighted by Crippen LogP contribution is 2.29. The molecule has 21 heavy (non-hydrogen) atoms. The van der Waals surface area contributed by atoms with Crippen LogP contribution < -0.4 is 5.73 Å². The molecule has 1 aromatic heterocycles. The van der Waals surface area contributed by atoms with Crippen molar-refractivity contribution in [1.82, 2.24) is 9.78 Å². The van der Waals surface area contributed by atoms with E-state index in [4.69, 9.17) is 17.3 Å². The van der Waals surface area contributed by atoms with Crippen LogP contribution in [-0.4, -0.2) is 18.2 Å². The Morgan fingerprint density at radius 2 is 2.10 bits per heavy atom. The molecule has 0 fully saturated rings. The van der Waals surface area contributed by atoms with Crippen LogP contribution in [-0.2, 0) is 29.1 Å². The van der Waals surface area contributed by atoms with E-state index in [-0.39, 0.29) is 15.7 Å². The monoisotopic (exact) mass is 391 g/mol. The van der Waals surface area contributed by atoms with Crippen LogP contribution in [0.25, 0.3) is 0 Å². The summed E-state index contributed by atoms with van der Waals surface area (Å²) in [5.41, 5.74) is 7.44. The van der Waals surface area contributed by atoms with Crippen LogP contribution >= 0.6 is 27.5 Å². The summed E-state index contributed by atoms with van der Waals surface area (Å²) in [5.74, 6) is -0.180. The van der Waals surface area contributed by atoms with E-state index in [0.29, 0.717) is 11.4 Å². The summed E-state index contributed by atoms with van der Waals surface area (Å²) in [6.45, 7) is 1.96. The molecule has 1 heterocycles. The number of rotatable bonds is 4. The third-order valence-corrected chi connectivity index (χ3v) is 6.14. The zero-order chi connectivity index (χ0) is 15.8. The number of benzene rings is 1. The third-order valence-electron chi connectivity index (χ3n) is 3.12. The van der Waals surface area contributed by atoms with Crippen molar-refractivity contribution < 1.29 is 8.42 Å². The van der Waals surface area contributed by atoms with E-state index in [9.17, 15) is 8.42 Å². The highest BCUT2D eigenvalue weighted by Gasteiger charge is 2.23. The molecule has 1 aromatic carbocycles. The zero-order valence-corrected chi connectivity index (χ0v) is 14.8. The first-order valence-corrected chi connectivity index (χ1v) is 9.06. The van der Waals surface area contributed by atoms with Crippen molar-refractivity contribution in [1.29, 1.82) is 0 Å². The van der Waals surface area contributed by atoms with Gasteiger partial charge in [-0.05, 0) is 40.5 Å². The second-order valence-electron chi connectivity index (χ2n) is 4.63. The maximum atomic E-state index is 12.5. The largest absolute Gasteiger partial charge is 0.399 e. The van der Waals surface area contributed by atoms with Gasteiger partial charge in [-0.1, -0.05) is 18.5 Å². The van der Waals surface area contributed by atoms with Crippen molar-refractivity contribution >= 4 is 43.1 Å². The van der Waals surface area contributed by atoms with Gasteiger partial charge in [-0.3, -0.25) is 4.68 Å². The number of sulfone groups is 1. The Balaban J connectivity index is 2.45. The summed E-state index contributed by atoms with van der Waals surface area (Å²) in [4.78, 5) is 0.0736. The van der Waals surface area contributed by atoms with Crippen molar-refractivity contribution in [3.8, 4) is 0 Å². The summed E-state index contributed by atoms with van der Waals surface area (Å²) in [6, 6.07) is 4.39. The average Bonchev–Trinajstić information content (AvgIpc) is 2.65. The molecule has 0 atom stereocenters. The number of hydrogen-bond acceptors (Lipinski definition) is 4. The van der Waals surface area contributed by atoms with E-state index in [0.717, 1.165) is 16.6 Å². The lowest BCUT2D eigenvalue weighted by Gasteiger charge is -2.08. The average molecular weight is 393 g/mol. The van der Waals surface area contributed by atoms with Gasteiger partial charge in [0.2, 0.25) is 0 Å². The van der Waals surface area contributed by atoms with Crippen molar-refractivity contribution in [3.63, 3.8) is 0 Å². The molecule has 114 valence electrons. The van der Waals surface area contributed by atoms with Gasteiger partial charge < -0.3 is 5.73 Å². The summed E-state index contributed by atoms with van der Waals surface area (Å²) in [6.07, 6.45) is 0.719. The number of halogens is 2. The molecule has 0 aliphatic heterocycles. The van der Waals surface area contributed by atoms with Gasteiger partial charge in [-0.15, -0.1) is 0 Å². The van der Waals surface area contributed by atoms with Gasteiger partial charge in [0.25, 0.3) is 0 Å². The van der Waals surface area contributed by atoms with E-state index in [2.05, 4.69) is 21.0 Å². The van der Waals surface area contributed by atoms with Gasteiger partial charge in [-0.25, -0.2) is 8.42 Å². The Bertz CT molecular complexity index is 787. The second-order valence-corrected chi connectivity index (χ2v) is 7.79. The van der Waals surface area contributed by atoms with Crippen LogP contribution in [0.2, 0.25) is 5.02 Å². The van der Waals surface area contributed by atoms with Gasteiger partial charge in [0.1, 0.15) is 0 Å². The molecular weight excluding hydrogens is 378 g/mol. The Kier molecular flexibility index (Phi) is 4.65. The van der Waals surface area contributed by atoms with Crippen LogP contribution in [0.4, 0.5) is 5.69 Å². The zero-order valence-electron chi connectivity index (χ0n) is 11.6. The number of aromatic nitrogens is 2. The van der Waals surface area contributed by atoms with Gasteiger partial charge in [0.05, 0.1) is 31.5 Å². The summed E-state index contributed by atoms with van der Waals surface area (Å²) in [7, 11) is -1.86. The smallest absolute Gasteiger partial charge is 0.185 e. The Morgan fingerprint density at radius 3 is 2.62 bits per heavy atom. The minimum Gasteiger partial charge on any atom is -0.399 e. The van der Waals surface area contributed by atoms with Crippen LogP contribution in [0.5, 0.6) is 0 Å². The summed E-state index contributed by atoms with van der Waals surface area (Å²) >= 11 is 9.42.